The van der Waals surface area contributed by atoms with Gasteiger partial charge in [0.25, 0.3) is 0 Å². The fourth-order valence-corrected chi connectivity index (χ4v) is 2.77. The van der Waals surface area contributed by atoms with Crippen molar-refractivity contribution in [2.75, 3.05) is 0 Å². The average molecular weight is 438 g/mol. The van der Waals surface area contributed by atoms with Gasteiger partial charge in [0, 0.05) is 11.1 Å². The van der Waals surface area contributed by atoms with Crippen molar-refractivity contribution in [3.8, 4) is 40.1 Å². The van der Waals surface area contributed by atoms with Crippen LogP contribution in [0.3, 0.4) is 0 Å². The second-order valence-electron chi connectivity index (χ2n) is 6.18. The van der Waals surface area contributed by atoms with Crippen LogP contribution in [0, 0.1) is 11.3 Å². The zero-order chi connectivity index (χ0) is 22.6. The van der Waals surface area contributed by atoms with Crippen molar-refractivity contribution in [1.29, 1.82) is 5.26 Å². The van der Waals surface area contributed by atoms with Crippen molar-refractivity contribution in [3.05, 3.63) is 66.2 Å². The maximum atomic E-state index is 12.3. The number of alkyl halides is 6. The maximum absolute atomic E-state index is 12.3. The SMILES string of the molecule is N#CCc1ccc(-c2ccc(OC(F)(F)F)cc2)nc1-c1ccc(OC(F)(F)F)cc1. The first kappa shape index (κ1) is 22.0. The van der Waals surface area contributed by atoms with E-state index in [0.29, 0.717) is 28.1 Å². The minimum absolute atomic E-state index is 0.00176. The smallest absolute Gasteiger partial charge is 0.406 e. The largest absolute Gasteiger partial charge is 0.573 e. The van der Waals surface area contributed by atoms with Crippen LogP contribution in [0.2, 0.25) is 0 Å². The molecule has 0 unspecified atom stereocenters. The maximum Gasteiger partial charge on any atom is 0.573 e. The molecule has 0 atom stereocenters. The molecule has 160 valence electrons. The van der Waals surface area contributed by atoms with Gasteiger partial charge in [0.2, 0.25) is 0 Å². The van der Waals surface area contributed by atoms with E-state index in [-0.39, 0.29) is 6.42 Å². The Bertz CT molecular complexity index is 1090. The van der Waals surface area contributed by atoms with Gasteiger partial charge in [-0.1, -0.05) is 6.07 Å². The summed E-state index contributed by atoms with van der Waals surface area (Å²) in [4.78, 5) is 4.46. The van der Waals surface area contributed by atoms with Gasteiger partial charge in [0.15, 0.2) is 0 Å². The number of benzene rings is 2. The van der Waals surface area contributed by atoms with Crippen molar-refractivity contribution in [2.24, 2.45) is 0 Å². The first-order valence-corrected chi connectivity index (χ1v) is 8.63. The number of pyridine rings is 1. The lowest BCUT2D eigenvalue weighted by Crippen LogP contribution is -2.16. The summed E-state index contributed by atoms with van der Waals surface area (Å²) < 4.78 is 81.6. The normalized spacial score (nSPS) is 11.6. The Morgan fingerprint density at radius 3 is 1.65 bits per heavy atom. The van der Waals surface area contributed by atoms with Gasteiger partial charge >= 0.3 is 12.7 Å². The predicted octanol–water partition coefficient (Wildman–Crippen LogP) is 6.28. The molecule has 0 radical (unpaired) electrons. The van der Waals surface area contributed by atoms with E-state index >= 15 is 0 Å². The first-order valence-electron chi connectivity index (χ1n) is 8.63. The van der Waals surface area contributed by atoms with Crippen LogP contribution in [0.15, 0.2) is 60.7 Å². The minimum Gasteiger partial charge on any atom is -0.406 e. The summed E-state index contributed by atoms with van der Waals surface area (Å²) in [6.07, 6.45) is -9.64. The van der Waals surface area contributed by atoms with E-state index in [0.717, 1.165) is 24.3 Å². The highest BCUT2D eigenvalue weighted by Crippen LogP contribution is 2.31. The molecule has 2 aromatic carbocycles. The van der Waals surface area contributed by atoms with E-state index < -0.39 is 24.2 Å². The van der Waals surface area contributed by atoms with Crippen LogP contribution in [-0.4, -0.2) is 17.7 Å². The number of hydrogen-bond acceptors (Lipinski definition) is 4. The van der Waals surface area contributed by atoms with Gasteiger partial charge in [-0.05, 0) is 60.2 Å². The molecular weight excluding hydrogens is 426 g/mol. The third-order valence-electron chi connectivity index (χ3n) is 3.99. The number of nitrogens with zero attached hydrogens (tertiary/aromatic N) is 2. The van der Waals surface area contributed by atoms with Gasteiger partial charge in [0.1, 0.15) is 11.5 Å². The standard InChI is InChI=1S/C21H12F6N2O2/c22-20(23,24)30-16-6-1-13(2-7-16)18-10-5-15(11-12-28)19(29-18)14-3-8-17(9-4-14)31-21(25,26)27/h1-10H,11H2. The fourth-order valence-electron chi connectivity index (χ4n) is 2.77. The Hall–Kier alpha value is -3.74. The van der Waals surface area contributed by atoms with Crippen molar-refractivity contribution in [1.82, 2.24) is 4.98 Å². The molecule has 4 nitrogen and oxygen atoms in total. The van der Waals surface area contributed by atoms with E-state index in [2.05, 4.69) is 14.5 Å². The van der Waals surface area contributed by atoms with Gasteiger partial charge in [-0.15, -0.1) is 26.3 Å². The Morgan fingerprint density at radius 1 is 0.710 bits per heavy atom. The molecule has 0 aliphatic heterocycles. The quantitative estimate of drug-likeness (QED) is 0.440. The molecule has 10 heteroatoms. The molecular formula is C21H12F6N2O2. The lowest BCUT2D eigenvalue weighted by atomic mass is 10.0. The van der Waals surface area contributed by atoms with Gasteiger partial charge in [0.05, 0.1) is 23.9 Å². The van der Waals surface area contributed by atoms with Crippen LogP contribution in [0.5, 0.6) is 11.5 Å². The number of halogens is 6. The number of ether oxygens (including phenoxy) is 2. The Balaban J connectivity index is 1.94. The summed E-state index contributed by atoms with van der Waals surface area (Å²) >= 11 is 0. The fraction of sp³-hybridized carbons (Fsp3) is 0.143. The van der Waals surface area contributed by atoms with Crippen molar-refractivity contribution in [2.45, 2.75) is 19.1 Å². The molecule has 0 amide bonds. The lowest BCUT2D eigenvalue weighted by molar-refractivity contribution is -0.275. The summed E-state index contributed by atoms with van der Waals surface area (Å²) in [5.41, 5.74) is 2.21. The number of aromatic nitrogens is 1. The highest BCUT2D eigenvalue weighted by atomic mass is 19.4. The monoisotopic (exact) mass is 438 g/mol. The molecule has 1 aromatic heterocycles. The van der Waals surface area contributed by atoms with Gasteiger partial charge in [-0.25, -0.2) is 4.98 Å². The highest BCUT2D eigenvalue weighted by Gasteiger charge is 2.31. The number of hydrogen-bond donors (Lipinski definition) is 0. The van der Waals surface area contributed by atoms with E-state index in [9.17, 15) is 26.3 Å². The predicted molar refractivity (Wildman–Crippen MR) is 97.8 cm³/mol. The van der Waals surface area contributed by atoms with Crippen LogP contribution < -0.4 is 9.47 Å². The minimum atomic E-state index is -4.83. The molecule has 0 aliphatic rings. The molecule has 0 saturated carbocycles. The summed E-state index contributed by atoms with van der Waals surface area (Å²) in [6.45, 7) is 0. The average Bonchev–Trinajstić information content (AvgIpc) is 2.67. The van der Waals surface area contributed by atoms with Crippen molar-refractivity contribution >= 4 is 0 Å². The van der Waals surface area contributed by atoms with E-state index in [1.807, 2.05) is 6.07 Å². The first-order chi connectivity index (χ1) is 14.5. The molecule has 3 aromatic rings. The molecule has 0 aliphatic carbocycles. The molecule has 0 saturated heterocycles. The van der Waals surface area contributed by atoms with Gasteiger partial charge < -0.3 is 9.47 Å². The summed E-state index contributed by atoms with van der Waals surface area (Å²) in [5.74, 6) is -0.799. The van der Waals surface area contributed by atoms with Gasteiger partial charge in [-0.3, -0.25) is 0 Å². The molecule has 31 heavy (non-hydrogen) atoms. The van der Waals surface area contributed by atoms with Crippen LogP contribution in [0.25, 0.3) is 22.5 Å². The van der Waals surface area contributed by atoms with Crippen LogP contribution in [-0.2, 0) is 6.42 Å². The number of nitriles is 1. The Labute approximate surface area is 172 Å². The molecule has 0 N–H and O–H groups in total. The van der Waals surface area contributed by atoms with E-state index in [4.69, 9.17) is 5.26 Å². The van der Waals surface area contributed by atoms with Crippen molar-refractivity contribution in [3.63, 3.8) is 0 Å². The summed E-state index contributed by atoms with van der Waals surface area (Å²) in [6, 6.07) is 15.2. The zero-order valence-corrected chi connectivity index (χ0v) is 15.5. The Kier molecular flexibility index (Phi) is 6.06. The topological polar surface area (TPSA) is 55.1 Å². The van der Waals surface area contributed by atoms with E-state index in [1.54, 1.807) is 12.1 Å². The van der Waals surface area contributed by atoms with Crippen molar-refractivity contribution < 1.29 is 35.8 Å². The third kappa shape index (κ3) is 6.12. The lowest BCUT2D eigenvalue weighted by Gasteiger charge is -2.12. The molecule has 0 spiro atoms. The molecule has 0 bridgehead atoms. The molecule has 0 fully saturated rings. The number of rotatable bonds is 5. The molecule has 3 rings (SSSR count). The second-order valence-corrected chi connectivity index (χ2v) is 6.18. The van der Waals surface area contributed by atoms with E-state index in [1.165, 1.54) is 24.3 Å². The van der Waals surface area contributed by atoms with Crippen LogP contribution >= 0.6 is 0 Å². The third-order valence-corrected chi connectivity index (χ3v) is 3.99. The highest BCUT2D eigenvalue weighted by molar-refractivity contribution is 5.70. The zero-order valence-electron chi connectivity index (χ0n) is 15.5. The van der Waals surface area contributed by atoms with Crippen LogP contribution in [0.4, 0.5) is 26.3 Å². The van der Waals surface area contributed by atoms with Crippen LogP contribution in [0.1, 0.15) is 5.56 Å². The summed E-state index contributed by atoms with van der Waals surface area (Å²) in [7, 11) is 0. The summed E-state index contributed by atoms with van der Waals surface area (Å²) in [5, 5.41) is 9.04. The molecule has 1 heterocycles. The Morgan fingerprint density at radius 2 is 1.19 bits per heavy atom. The second kappa shape index (κ2) is 8.55. The van der Waals surface area contributed by atoms with Gasteiger partial charge in [-0.2, -0.15) is 5.26 Å².